The molecule has 0 amide bonds. The number of hydrogen-bond acceptors (Lipinski definition) is 3. The number of hydrogen-bond donors (Lipinski definition) is 1. The lowest BCUT2D eigenvalue weighted by Crippen LogP contribution is -2.07. The van der Waals surface area contributed by atoms with Gasteiger partial charge in [0.15, 0.2) is 0 Å². The maximum Gasteiger partial charge on any atom is 0.338 e. The zero-order valence-corrected chi connectivity index (χ0v) is 7.87. The average molecular weight is 186 g/mol. The Bertz CT molecular complexity index is 218. The van der Waals surface area contributed by atoms with Crippen LogP contribution in [0, 0.1) is 0 Å². The van der Waals surface area contributed by atoms with Crippen molar-refractivity contribution in [3.05, 3.63) is 24.2 Å². The summed E-state index contributed by atoms with van der Waals surface area (Å²) in [6.07, 6.45) is 1.52. The SMILES string of the molecule is C=CCO/C(OCC)=C(\C)C(=O)O. The van der Waals surface area contributed by atoms with Gasteiger partial charge in [-0.3, -0.25) is 0 Å². The molecule has 0 saturated carbocycles. The normalized spacial score (nSPS) is 11.5. The van der Waals surface area contributed by atoms with Gasteiger partial charge in [0.05, 0.1) is 6.61 Å². The number of rotatable bonds is 6. The molecule has 0 aliphatic rings. The maximum absolute atomic E-state index is 10.5. The van der Waals surface area contributed by atoms with Gasteiger partial charge in [0, 0.05) is 0 Å². The van der Waals surface area contributed by atoms with E-state index in [0.29, 0.717) is 6.61 Å². The fraction of sp³-hybridized carbons (Fsp3) is 0.444. The largest absolute Gasteiger partial charge is 0.478 e. The van der Waals surface area contributed by atoms with Crippen LogP contribution in [0.4, 0.5) is 0 Å². The second-order valence-electron chi connectivity index (χ2n) is 2.25. The summed E-state index contributed by atoms with van der Waals surface area (Å²) in [6, 6.07) is 0. The first-order valence-electron chi connectivity index (χ1n) is 3.94. The molecule has 74 valence electrons. The molecule has 0 aromatic heterocycles. The third kappa shape index (κ3) is 4.20. The number of carbonyl (C=O) groups is 1. The van der Waals surface area contributed by atoms with Gasteiger partial charge in [0.1, 0.15) is 12.2 Å². The Labute approximate surface area is 77.5 Å². The third-order valence-electron chi connectivity index (χ3n) is 1.23. The summed E-state index contributed by atoms with van der Waals surface area (Å²) in [5, 5.41) is 8.63. The molecule has 0 fully saturated rings. The number of carboxylic acids is 1. The second-order valence-corrected chi connectivity index (χ2v) is 2.25. The highest BCUT2D eigenvalue weighted by molar-refractivity contribution is 5.86. The molecule has 4 nitrogen and oxygen atoms in total. The van der Waals surface area contributed by atoms with E-state index in [4.69, 9.17) is 14.6 Å². The van der Waals surface area contributed by atoms with E-state index in [9.17, 15) is 4.79 Å². The van der Waals surface area contributed by atoms with E-state index in [0.717, 1.165) is 0 Å². The summed E-state index contributed by atoms with van der Waals surface area (Å²) in [6.45, 7) is 7.24. The predicted molar refractivity (Wildman–Crippen MR) is 48.1 cm³/mol. The van der Waals surface area contributed by atoms with E-state index in [2.05, 4.69) is 6.58 Å². The van der Waals surface area contributed by atoms with Crippen LogP contribution in [0.15, 0.2) is 24.2 Å². The molecule has 1 N–H and O–H groups in total. The Morgan fingerprint density at radius 3 is 2.54 bits per heavy atom. The maximum atomic E-state index is 10.5. The minimum absolute atomic E-state index is 0.0508. The minimum Gasteiger partial charge on any atom is -0.478 e. The smallest absolute Gasteiger partial charge is 0.338 e. The Morgan fingerprint density at radius 1 is 1.54 bits per heavy atom. The van der Waals surface area contributed by atoms with Crippen LogP contribution < -0.4 is 0 Å². The summed E-state index contributed by atoms with van der Waals surface area (Å²) < 4.78 is 10.0. The van der Waals surface area contributed by atoms with Crippen molar-refractivity contribution < 1.29 is 19.4 Å². The van der Waals surface area contributed by atoms with Crippen molar-refractivity contribution in [2.45, 2.75) is 13.8 Å². The number of carboxylic acid groups (broad SMARTS) is 1. The molecule has 0 radical (unpaired) electrons. The van der Waals surface area contributed by atoms with E-state index < -0.39 is 5.97 Å². The number of aliphatic carboxylic acids is 1. The first kappa shape index (κ1) is 11.6. The lowest BCUT2D eigenvalue weighted by atomic mass is 10.3. The molecule has 4 heteroatoms. The zero-order valence-electron chi connectivity index (χ0n) is 7.87. The van der Waals surface area contributed by atoms with Gasteiger partial charge < -0.3 is 14.6 Å². The molecule has 0 atom stereocenters. The van der Waals surface area contributed by atoms with Crippen molar-refractivity contribution in [1.82, 2.24) is 0 Å². The van der Waals surface area contributed by atoms with Crippen molar-refractivity contribution >= 4 is 5.97 Å². The van der Waals surface area contributed by atoms with Crippen LogP contribution in [0.5, 0.6) is 0 Å². The van der Waals surface area contributed by atoms with Crippen molar-refractivity contribution in [3.8, 4) is 0 Å². The van der Waals surface area contributed by atoms with E-state index >= 15 is 0 Å². The fourth-order valence-corrected chi connectivity index (χ4v) is 0.611. The van der Waals surface area contributed by atoms with Gasteiger partial charge in [0.2, 0.25) is 0 Å². The molecule has 0 unspecified atom stereocenters. The molecule has 0 heterocycles. The van der Waals surface area contributed by atoms with E-state index in [1.165, 1.54) is 13.0 Å². The molecule has 0 saturated heterocycles. The van der Waals surface area contributed by atoms with Crippen LogP contribution >= 0.6 is 0 Å². The average Bonchev–Trinajstić information content (AvgIpc) is 2.11. The van der Waals surface area contributed by atoms with E-state index in [1.54, 1.807) is 6.92 Å². The molecule has 0 aliphatic carbocycles. The zero-order chi connectivity index (χ0) is 10.3. The first-order valence-corrected chi connectivity index (χ1v) is 3.94. The Hall–Kier alpha value is -1.45. The summed E-state index contributed by atoms with van der Waals surface area (Å²) in [4.78, 5) is 10.5. The predicted octanol–water partition coefficient (Wildman–Crippen LogP) is 1.54. The molecule has 0 aromatic carbocycles. The van der Waals surface area contributed by atoms with Crippen molar-refractivity contribution in [1.29, 1.82) is 0 Å². The molecular formula is C9H14O4. The standard InChI is InChI=1S/C9H14O4/c1-4-6-13-9(12-5-2)7(3)8(10)11/h4H,1,5-6H2,2-3H3,(H,10,11)/b9-7+. The van der Waals surface area contributed by atoms with Crippen LogP contribution in [0.2, 0.25) is 0 Å². The van der Waals surface area contributed by atoms with Gasteiger partial charge in [-0.05, 0) is 13.8 Å². The van der Waals surface area contributed by atoms with Crippen molar-refractivity contribution in [3.63, 3.8) is 0 Å². The molecule has 0 aromatic rings. The van der Waals surface area contributed by atoms with Gasteiger partial charge in [-0.15, -0.1) is 0 Å². The monoisotopic (exact) mass is 186 g/mol. The van der Waals surface area contributed by atoms with Crippen LogP contribution in [-0.4, -0.2) is 24.3 Å². The van der Waals surface area contributed by atoms with Gasteiger partial charge in [0.25, 0.3) is 5.95 Å². The van der Waals surface area contributed by atoms with Crippen LogP contribution in [0.3, 0.4) is 0 Å². The van der Waals surface area contributed by atoms with Gasteiger partial charge in [-0.2, -0.15) is 0 Å². The highest BCUT2D eigenvalue weighted by Gasteiger charge is 2.11. The first-order chi connectivity index (χ1) is 6.13. The topological polar surface area (TPSA) is 55.8 Å². The fourth-order valence-electron chi connectivity index (χ4n) is 0.611. The Morgan fingerprint density at radius 2 is 2.15 bits per heavy atom. The van der Waals surface area contributed by atoms with E-state index in [-0.39, 0.29) is 18.1 Å². The lowest BCUT2D eigenvalue weighted by molar-refractivity contribution is -0.133. The lowest BCUT2D eigenvalue weighted by Gasteiger charge is -2.10. The summed E-state index contributed by atoms with van der Waals surface area (Å²) in [5.74, 6) is -0.998. The van der Waals surface area contributed by atoms with Crippen LogP contribution in [0.25, 0.3) is 0 Å². The van der Waals surface area contributed by atoms with Gasteiger partial charge in [-0.25, -0.2) is 4.79 Å². The molecule has 0 spiro atoms. The summed E-state index contributed by atoms with van der Waals surface area (Å²) in [5.41, 5.74) is 0.0590. The van der Waals surface area contributed by atoms with Crippen LogP contribution in [0.1, 0.15) is 13.8 Å². The van der Waals surface area contributed by atoms with Crippen molar-refractivity contribution in [2.75, 3.05) is 13.2 Å². The van der Waals surface area contributed by atoms with Gasteiger partial charge in [-0.1, -0.05) is 12.7 Å². The molecule has 13 heavy (non-hydrogen) atoms. The summed E-state index contributed by atoms with van der Waals surface area (Å²) in [7, 11) is 0. The number of ether oxygens (including phenoxy) is 2. The minimum atomic E-state index is -1.05. The van der Waals surface area contributed by atoms with E-state index in [1.807, 2.05) is 0 Å². The summed E-state index contributed by atoms with van der Waals surface area (Å²) >= 11 is 0. The molecule has 0 aliphatic heterocycles. The highest BCUT2D eigenvalue weighted by atomic mass is 16.7. The molecular weight excluding hydrogens is 172 g/mol. The van der Waals surface area contributed by atoms with Gasteiger partial charge >= 0.3 is 5.97 Å². The molecule has 0 rings (SSSR count). The highest BCUT2D eigenvalue weighted by Crippen LogP contribution is 2.07. The second kappa shape index (κ2) is 6.11. The Balaban J connectivity index is 4.45. The Kier molecular flexibility index (Phi) is 5.43. The van der Waals surface area contributed by atoms with Crippen molar-refractivity contribution in [2.24, 2.45) is 0 Å². The third-order valence-corrected chi connectivity index (χ3v) is 1.23. The molecule has 0 bridgehead atoms. The van der Waals surface area contributed by atoms with Crippen LogP contribution in [-0.2, 0) is 14.3 Å². The quantitative estimate of drug-likeness (QED) is 0.388.